The summed E-state index contributed by atoms with van der Waals surface area (Å²) in [6.07, 6.45) is -0.837. The van der Waals surface area contributed by atoms with Gasteiger partial charge < -0.3 is 5.73 Å². The van der Waals surface area contributed by atoms with Crippen molar-refractivity contribution < 1.29 is 13.2 Å². The number of hydrogen-bond donors (Lipinski definition) is 1. The number of alkyl halides is 3. The summed E-state index contributed by atoms with van der Waals surface area (Å²) in [4.78, 5) is 0. The molecule has 0 saturated heterocycles. The molecule has 22 heavy (non-hydrogen) atoms. The van der Waals surface area contributed by atoms with Crippen LogP contribution >= 0.6 is 11.8 Å². The lowest BCUT2D eigenvalue weighted by Gasteiger charge is -2.39. The van der Waals surface area contributed by atoms with Crippen molar-refractivity contribution in [1.82, 2.24) is 0 Å². The van der Waals surface area contributed by atoms with Crippen molar-refractivity contribution in [3.05, 3.63) is 29.3 Å². The van der Waals surface area contributed by atoms with Crippen LogP contribution in [0.1, 0.15) is 52.2 Å². The number of rotatable bonds is 3. The molecule has 128 valence electrons. The van der Waals surface area contributed by atoms with E-state index in [2.05, 4.69) is 40.9 Å². The molecule has 1 rings (SSSR count). The molecule has 0 aliphatic carbocycles. The molecule has 1 nitrogen and oxygen atoms in total. The van der Waals surface area contributed by atoms with Crippen LogP contribution in [0.3, 0.4) is 0 Å². The Bertz CT molecular complexity index is 465. The first-order valence-corrected chi connectivity index (χ1v) is 8.49. The van der Waals surface area contributed by atoms with Crippen LogP contribution in [0.15, 0.2) is 18.2 Å². The summed E-state index contributed by atoms with van der Waals surface area (Å²) in [5.41, 5.74) is 5.98. The van der Waals surface area contributed by atoms with Crippen molar-refractivity contribution in [2.24, 2.45) is 5.41 Å². The Morgan fingerprint density at radius 2 is 1.59 bits per heavy atom. The van der Waals surface area contributed by atoms with Gasteiger partial charge in [-0.15, -0.1) is 0 Å². The summed E-state index contributed by atoms with van der Waals surface area (Å²) < 4.78 is 36.6. The minimum absolute atomic E-state index is 0.378. The Morgan fingerprint density at radius 3 is 1.86 bits per heavy atom. The fraction of sp³-hybridized carbons (Fsp3) is 0.647. The summed E-state index contributed by atoms with van der Waals surface area (Å²) in [6.45, 7) is 13.1. The standard InChI is InChI=1S/C9H20S.C8H8F3N/c1-7-8(2,3)9(4,5)10-6;1-5-4-6(8(9,10)11)2-3-7(5)12/h7H2,1-6H3;2-4H,12H2,1H3. The van der Waals surface area contributed by atoms with Gasteiger partial charge in [-0.3, -0.25) is 0 Å². The quantitative estimate of drug-likeness (QED) is 0.669. The average Bonchev–Trinajstić information content (AvgIpc) is 2.41. The van der Waals surface area contributed by atoms with Crippen LogP contribution in [0.2, 0.25) is 0 Å². The molecule has 0 saturated carbocycles. The molecule has 0 unspecified atom stereocenters. The largest absolute Gasteiger partial charge is 0.416 e. The first-order chi connectivity index (χ1) is 9.78. The second-order valence-corrected chi connectivity index (χ2v) is 7.95. The Kier molecular flexibility index (Phi) is 7.33. The average molecular weight is 335 g/mol. The van der Waals surface area contributed by atoms with Crippen molar-refractivity contribution in [1.29, 1.82) is 0 Å². The smallest absolute Gasteiger partial charge is 0.399 e. The lowest BCUT2D eigenvalue weighted by molar-refractivity contribution is -0.137. The zero-order chi connectivity index (χ0) is 17.8. The molecule has 0 radical (unpaired) electrons. The van der Waals surface area contributed by atoms with E-state index in [0.29, 0.717) is 21.4 Å². The molecule has 0 spiro atoms. The molecular formula is C17H28F3NS. The molecule has 5 heteroatoms. The lowest BCUT2D eigenvalue weighted by atomic mass is 9.78. The van der Waals surface area contributed by atoms with Crippen molar-refractivity contribution >= 4 is 17.4 Å². The Labute approximate surface area is 136 Å². The third-order valence-electron chi connectivity index (χ3n) is 4.62. The minimum Gasteiger partial charge on any atom is -0.399 e. The topological polar surface area (TPSA) is 26.0 Å². The van der Waals surface area contributed by atoms with Crippen LogP contribution in [0.5, 0.6) is 0 Å². The first kappa shape index (κ1) is 21.2. The first-order valence-electron chi connectivity index (χ1n) is 7.27. The third kappa shape index (κ3) is 5.75. The third-order valence-corrected chi connectivity index (χ3v) is 6.19. The van der Waals surface area contributed by atoms with Gasteiger partial charge in [0.05, 0.1) is 5.56 Å². The van der Waals surface area contributed by atoms with Crippen LogP contribution < -0.4 is 5.73 Å². The molecule has 0 fully saturated rings. The molecule has 0 aromatic heterocycles. The van der Waals surface area contributed by atoms with E-state index in [1.54, 1.807) is 6.92 Å². The Balaban J connectivity index is 0.000000409. The highest BCUT2D eigenvalue weighted by Gasteiger charge is 2.34. The van der Waals surface area contributed by atoms with Gasteiger partial charge in [0.25, 0.3) is 0 Å². The maximum atomic E-state index is 12.1. The number of thioether (sulfide) groups is 1. The van der Waals surface area contributed by atoms with Gasteiger partial charge in [-0.25, -0.2) is 0 Å². The molecule has 1 aromatic rings. The minimum atomic E-state index is -4.28. The van der Waals surface area contributed by atoms with Gasteiger partial charge in [0.2, 0.25) is 0 Å². The van der Waals surface area contributed by atoms with Gasteiger partial charge in [-0.05, 0) is 48.8 Å². The van der Waals surface area contributed by atoms with Gasteiger partial charge in [-0.1, -0.05) is 34.6 Å². The predicted molar refractivity (Wildman–Crippen MR) is 92.3 cm³/mol. The van der Waals surface area contributed by atoms with E-state index in [9.17, 15) is 13.2 Å². The second-order valence-electron chi connectivity index (χ2n) is 6.52. The van der Waals surface area contributed by atoms with Gasteiger partial charge in [0.1, 0.15) is 0 Å². The second kappa shape index (κ2) is 7.62. The molecule has 0 atom stereocenters. The highest BCUT2D eigenvalue weighted by atomic mass is 32.2. The number of aryl methyl sites for hydroxylation is 1. The summed E-state index contributed by atoms with van der Waals surface area (Å²) in [6, 6.07) is 3.27. The number of benzene rings is 1. The van der Waals surface area contributed by atoms with Crippen molar-refractivity contribution in [2.45, 2.75) is 58.9 Å². The van der Waals surface area contributed by atoms with Gasteiger partial charge >= 0.3 is 6.18 Å². The lowest BCUT2D eigenvalue weighted by Crippen LogP contribution is -2.34. The number of hydrogen-bond acceptors (Lipinski definition) is 2. The Hall–Kier alpha value is -0.840. The number of nitrogen functional groups attached to an aromatic ring is 1. The molecule has 1 aromatic carbocycles. The number of nitrogens with two attached hydrogens (primary N) is 1. The maximum Gasteiger partial charge on any atom is 0.416 e. The van der Waals surface area contributed by atoms with Gasteiger partial charge in [0.15, 0.2) is 0 Å². The molecule has 0 amide bonds. The highest BCUT2D eigenvalue weighted by molar-refractivity contribution is 7.99. The summed E-state index contributed by atoms with van der Waals surface area (Å²) in [5, 5.41) is 0. The molecule has 2 N–H and O–H groups in total. The summed E-state index contributed by atoms with van der Waals surface area (Å²) in [7, 11) is 0. The van der Waals surface area contributed by atoms with Crippen molar-refractivity contribution in [3.8, 4) is 0 Å². The van der Waals surface area contributed by atoms with E-state index in [1.165, 1.54) is 12.5 Å². The zero-order valence-corrected chi connectivity index (χ0v) is 15.4. The SMILES string of the molecule is CCC(C)(C)C(C)(C)SC.Cc1cc(C(F)(F)F)ccc1N. The summed E-state index contributed by atoms with van der Waals surface area (Å²) >= 11 is 1.96. The maximum absolute atomic E-state index is 12.1. The summed E-state index contributed by atoms with van der Waals surface area (Å²) in [5.74, 6) is 0. The van der Waals surface area contributed by atoms with Gasteiger partial charge in [-0.2, -0.15) is 24.9 Å². The molecule has 0 bridgehead atoms. The van der Waals surface area contributed by atoms with E-state index in [1.807, 2.05) is 11.8 Å². The van der Waals surface area contributed by atoms with E-state index < -0.39 is 11.7 Å². The van der Waals surface area contributed by atoms with E-state index in [-0.39, 0.29) is 0 Å². The fourth-order valence-corrected chi connectivity index (χ4v) is 2.25. The van der Waals surface area contributed by atoms with Crippen molar-refractivity contribution in [3.63, 3.8) is 0 Å². The van der Waals surface area contributed by atoms with E-state index in [0.717, 1.165) is 12.1 Å². The van der Waals surface area contributed by atoms with Crippen molar-refractivity contribution in [2.75, 3.05) is 12.0 Å². The normalized spacial score (nSPS) is 12.6. The van der Waals surface area contributed by atoms with Crippen LogP contribution in [-0.2, 0) is 6.18 Å². The Morgan fingerprint density at radius 1 is 1.09 bits per heavy atom. The zero-order valence-electron chi connectivity index (χ0n) is 14.6. The molecule has 0 heterocycles. The van der Waals surface area contributed by atoms with E-state index >= 15 is 0 Å². The number of anilines is 1. The van der Waals surface area contributed by atoms with Crippen LogP contribution in [0.25, 0.3) is 0 Å². The molecule has 0 aliphatic rings. The monoisotopic (exact) mass is 335 g/mol. The molecular weight excluding hydrogens is 307 g/mol. The highest BCUT2D eigenvalue weighted by Crippen LogP contribution is 2.42. The van der Waals surface area contributed by atoms with Crippen LogP contribution in [-0.4, -0.2) is 11.0 Å². The predicted octanol–water partition coefficient (Wildman–Crippen LogP) is 6.16. The van der Waals surface area contributed by atoms with E-state index in [4.69, 9.17) is 5.73 Å². The van der Waals surface area contributed by atoms with Gasteiger partial charge in [0, 0.05) is 10.4 Å². The molecule has 0 aliphatic heterocycles. The fourth-order valence-electron chi connectivity index (χ4n) is 1.55. The van der Waals surface area contributed by atoms with Crippen LogP contribution in [0, 0.1) is 12.3 Å². The van der Waals surface area contributed by atoms with Crippen LogP contribution in [0.4, 0.5) is 18.9 Å². The number of halogens is 3.